The number of aliphatic carboxylic acids is 1. The quantitative estimate of drug-likeness (QED) is 0.787. The largest absolute Gasteiger partial charge is 0.493 e. The molecule has 5 heteroatoms. The second-order valence-corrected chi connectivity index (χ2v) is 7.40. The van der Waals surface area contributed by atoms with Crippen LogP contribution >= 0.6 is 0 Å². The van der Waals surface area contributed by atoms with Gasteiger partial charge in [-0.05, 0) is 49.8 Å². The second-order valence-electron chi connectivity index (χ2n) is 7.40. The molecular weight excluding hydrogens is 318 g/mol. The number of carbonyl (C=O) groups excluding carboxylic acids is 1. The molecule has 1 aliphatic rings. The van der Waals surface area contributed by atoms with E-state index in [1.165, 1.54) is 0 Å². The van der Waals surface area contributed by atoms with E-state index in [0.717, 1.165) is 24.2 Å². The van der Waals surface area contributed by atoms with Crippen LogP contribution in [0.15, 0.2) is 24.3 Å². The first kappa shape index (κ1) is 19.3. The number of hydrogen-bond acceptors (Lipinski definition) is 3. The molecule has 1 saturated carbocycles. The van der Waals surface area contributed by atoms with E-state index in [1.54, 1.807) is 0 Å². The van der Waals surface area contributed by atoms with Crippen LogP contribution in [0.2, 0.25) is 0 Å². The summed E-state index contributed by atoms with van der Waals surface area (Å²) < 4.78 is 5.67. The fourth-order valence-corrected chi connectivity index (χ4v) is 3.18. The number of amides is 1. The molecule has 0 spiro atoms. The maximum Gasteiger partial charge on any atom is 0.306 e. The Morgan fingerprint density at radius 2 is 1.80 bits per heavy atom. The van der Waals surface area contributed by atoms with Crippen molar-refractivity contribution in [1.29, 1.82) is 0 Å². The molecule has 0 aromatic heterocycles. The Balaban J connectivity index is 1.89. The number of carboxylic acids is 1. The van der Waals surface area contributed by atoms with E-state index in [9.17, 15) is 9.59 Å². The summed E-state index contributed by atoms with van der Waals surface area (Å²) in [6.45, 7) is 6.83. The number of nitrogens with one attached hydrogen (secondary N) is 1. The summed E-state index contributed by atoms with van der Waals surface area (Å²) in [7, 11) is 0. The summed E-state index contributed by atoms with van der Waals surface area (Å²) in [6, 6.07) is 7.64. The smallest absolute Gasteiger partial charge is 0.306 e. The van der Waals surface area contributed by atoms with E-state index in [2.05, 4.69) is 19.2 Å². The minimum Gasteiger partial charge on any atom is -0.493 e. The highest BCUT2D eigenvalue weighted by Gasteiger charge is 2.31. The lowest BCUT2D eigenvalue weighted by molar-refractivity contribution is -0.144. The summed E-state index contributed by atoms with van der Waals surface area (Å²) in [5.41, 5.74) is 1.01. The van der Waals surface area contributed by atoms with Gasteiger partial charge in [-0.3, -0.25) is 9.59 Å². The molecular formula is C20H29NO4. The molecule has 2 N–H and O–H groups in total. The molecule has 138 valence electrons. The summed E-state index contributed by atoms with van der Waals surface area (Å²) in [5, 5.41) is 12.2. The monoisotopic (exact) mass is 347 g/mol. The average molecular weight is 347 g/mol. The molecule has 1 amide bonds. The molecule has 3 atom stereocenters. The van der Waals surface area contributed by atoms with Crippen molar-refractivity contribution in [2.45, 2.75) is 52.5 Å². The lowest BCUT2D eigenvalue weighted by Crippen LogP contribution is -2.36. The predicted octanol–water partition coefficient (Wildman–Crippen LogP) is 3.79. The molecule has 1 aromatic rings. The van der Waals surface area contributed by atoms with Gasteiger partial charge in [0.05, 0.1) is 18.6 Å². The number of ether oxygens (including phenoxy) is 1. The number of carboxylic acid groups (broad SMARTS) is 1. The summed E-state index contributed by atoms with van der Waals surface area (Å²) >= 11 is 0. The first-order valence-corrected chi connectivity index (χ1v) is 9.12. The van der Waals surface area contributed by atoms with Crippen molar-refractivity contribution in [1.82, 2.24) is 5.32 Å². The highest BCUT2D eigenvalue weighted by molar-refractivity contribution is 5.80. The summed E-state index contributed by atoms with van der Waals surface area (Å²) in [5.74, 6) is -0.125. The van der Waals surface area contributed by atoms with Crippen LogP contribution in [0.1, 0.15) is 58.1 Å². The summed E-state index contributed by atoms with van der Waals surface area (Å²) in [4.78, 5) is 23.6. The molecule has 3 unspecified atom stereocenters. The molecule has 1 aliphatic carbocycles. The molecule has 25 heavy (non-hydrogen) atoms. The lowest BCUT2D eigenvalue weighted by atomic mass is 9.81. The Morgan fingerprint density at radius 1 is 1.16 bits per heavy atom. The van der Waals surface area contributed by atoms with Gasteiger partial charge >= 0.3 is 5.97 Å². The van der Waals surface area contributed by atoms with Crippen molar-refractivity contribution >= 4 is 11.9 Å². The van der Waals surface area contributed by atoms with Crippen LogP contribution in [0.3, 0.4) is 0 Å². The van der Waals surface area contributed by atoms with Crippen LogP contribution in [0.5, 0.6) is 5.75 Å². The maximum atomic E-state index is 12.5. The van der Waals surface area contributed by atoms with E-state index < -0.39 is 11.9 Å². The SMILES string of the molecule is CC(C)COc1ccc(C(C)NC(=O)C2CCCC(C(=O)O)C2)cc1. The van der Waals surface area contributed by atoms with Crippen LogP contribution in [0, 0.1) is 17.8 Å². The molecule has 0 saturated heterocycles. The Morgan fingerprint density at radius 3 is 2.40 bits per heavy atom. The van der Waals surface area contributed by atoms with Crippen molar-refractivity contribution in [3.05, 3.63) is 29.8 Å². The second kappa shape index (κ2) is 8.88. The molecule has 1 fully saturated rings. The summed E-state index contributed by atoms with van der Waals surface area (Å²) in [6.07, 6.45) is 2.68. The Labute approximate surface area is 149 Å². The van der Waals surface area contributed by atoms with E-state index in [4.69, 9.17) is 9.84 Å². The van der Waals surface area contributed by atoms with Crippen molar-refractivity contribution in [3.8, 4) is 5.75 Å². The number of rotatable bonds is 7. The molecule has 0 bridgehead atoms. The third-order valence-corrected chi connectivity index (χ3v) is 4.72. The minimum absolute atomic E-state index is 0.0430. The number of carbonyl (C=O) groups is 2. The zero-order valence-corrected chi connectivity index (χ0v) is 15.3. The van der Waals surface area contributed by atoms with Gasteiger partial charge < -0.3 is 15.2 Å². The zero-order chi connectivity index (χ0) is 18.4. The molecule has 1 aromatic carbocycles. The fraction of sp³-hybridized carbons (Fsp3) is 0.600. The van der Waals surface area contributed by atoms with E-state index in [-0.39, 0.29) is 17.9 Å². The molecule has 2 rings (SSSR count). The normalized spacial score (nSPS) is 21.6. The van der Waals surface area contributed by atoms with Crippen molar-refractivity contribution in [2.24, 2.45) is 17.8 Å². The van der Waals surface area contributed by atoms with Gasteiger partial charge in [-0.15, -0.1) is 0 Å². The number of benzene rings is 1. The van der Waals surface area contributed by atoms with Crippen molar-refractivity contribution in [2.75, 3.05) is 6.61 Å². The zero-order valence-electron chi connectivity index (χ0n) is 15.3. The molecule has 0 radical (unpaired) electrons. The molecule has 0 heterocycles. The lowest BCUT2D eigenvalue weighted by Gasteiger charge is -2.27. The van der Waals surface area contributed by atoms with Gasteiger partial charge in [-0.25, -0.2) is 0 Å². The van der Waals surface area contributed by atoms with Gasteiger partial charge in [0.1, 0.15) is 5.75 Å². The Hall–Kier alpha value is -2.04. The van der Waals surface area contributed by atoms with Crippen LogP contribution < -0.4 is 10.1 Å². The first-order chi connectivity index (χ1) is 11.9. The predicted molar refractivity (Wildman–Crippen MR) is 96.4 cm³/mol. The van der Waals surface area contributed by atoms with Crippen molar-refractivity contribution in [3.63, 3.8) is 0 Å². The van der Waals surface area contributed by atoms with Crippen LogP contribution in [-0.4, -0.2) is 23.6 Å². The topological polar surface area (TPSA) is 75.6 Å². The van der Waals surface area contributed by atoms with Crippen LogP contribution in [-0.2, 0) is 9.59 Å². The first-order valence-electron chi connectivity index (χ1n) is 9.12. The number of hydrogen-bond donors (Lipinski definition) is 2. The van der Waals surface area contributed by atoms with E-state index in [0.29, 0.717) is 25.4 Å². The van der Waals surface area contributed by atoms with Gasteiger partial charge in [0.15, 0.2) is 0 Å². The third kappa shape index (κ3) is 5.76. The highest BCUT2D eigenvalue weighted by Crippen LogP contribution is 2.30. The molecule has 5 nitrogen and oxygen atoms in total. The van der Waals surface area contributed by atoms with Crippen LogP contribution in [0.4, 0.5) is 0 Å². The third-order valence-electron chi connectivity index (χ3n) is 4.72. The van der Waals surface area contributed by atoms with Gasteiger partial charge in [-0.2, -0.15) is 0 Å². The van der Waals surface area contributed by atoms with Gasteiger partial charge in [-0.1, -0.05) is 32.4 Å². The highest BCUT2D eigenvalue weighted by atomic mass is 16.5. The van der Waals surface area contributed by atoms with Crippen LogP contribution in [0.25, 0.3) is 0 Å². The maximum absolute atomic E-state index is 12.5. The Kier molecular flexibility index (Phi) is 6.85. The molecule has 0 aliphatic heterocycles. The fourth-order valence-electron chi connectivity index (χ4n) is 3.18. The van der Waals surface area contributed by atoms with E-state index >= 15 is 0 Å². The van der Waals surface area contributed by atoms with Gasteiger partial charge in [0, 0.05) is 5.92 Å². The standard InChI is InChI=1S/C20H29NO4/c1-13(2)12-25-18-9-7-15(8-10-18)14(3)21-19(22)16-5-4-6-17(11-16)20(23)24/h7-10,13-14,16-17H,4-6,11-12H2,1-3H3,(H,21,22)(H,23,24). The Bertz CT molecular complexity index is 582. The van der Waals surface area contributed by atoms with E-state index in [1.807, 2.05) is 31.2 Å². The van der Waals surface area contributed by atoms with Gasteiger partial charge in [0.25, 0.3) is 0 Å². The van der Waals surface area contributed by atoms with Gasteiger partial charge in [0.2, 0.25) is 5.91 Å². The minimum atomic E-state index is -0.789. The average Bonchev–Trinajstić information content (AvgIpc) is 2.60. The van der Waals surface area contributed by atoms with Crippen molar-refractivity contribution < 1.29 is 19.4 Å².